The van der Waals surface area contributed by atoms with Gasteiger partial charge in [-0.15, -0.1) is 0 Å². The summed E-state index contributed by atoms with van der Waals surface area (Å²) in [5.41, 5.74) is 0.829. The van der Waals surface area contributed by atoms with Crippen LogP contribution in [0.3, 0.4) is 0 Å². The van der Waals surface area contributed by atoms with Crippen molar-refractivity contribution < 1.29 is 4.39 Å². The van der Waals surface area contributed by atoms with Crippen LogP contribution in [0.4, 0.5) is 4.39 Å². The van der Waals surface area contributed by atoms with Crippen molar-refractivity contribution in [2.24, 2.45) is 0 Å². The van der Waals surface area contributed by atoms with Gasteiger partial charge < -0.3 is 0 Å². The molecule has 0 aromatic heterocycles. The Morgan fingerprint density at radius 1 is 1.20 bits per heavy atom. The third-order valence-electron chi connectivity index (χ3n) is 1.50. The van der Waals surface area contributed by atoms with Gasteiger partial charge in [0.1, 0.15) is 0 Å². The standard InChI is InChI=1S/C10H5FN2Se2/c11-9-3-1-8(2-4-9)10(15-7-13)5-14-6-12/h1-5H. The first-order chi connectivity index (χ1) is 7.27. The van der Waals surface area contributed by atoms with Crippen LogP contribution in [0.15, 0.2) is 29.2 Å². The van der Waals surface area contributed by atoms with Crippen LogP contribution in [-0.2, 0) is 0 Å². The minimum absolute atomic E-state index is 0.248. The van der Waals surface area contributed by atoms with Crippen molar-refractivity contribution >= 4 is 34.4 Å². The summed E-state index contributed by atoms with van der Waals surface area (Å²) < 4.78 is 13.5. The number of nitrogens with zero attached hydrogens (tertiary/aromatic N) is 2. The van der Waals surface area contributed by atoms with Gasteiger partial charge in [0.25, 0.3) is 0 Å². The number of nitriles is 2. The summed E-state index contributed by atoms with van der Waals surface area (Å²) in [6.45, 7) is 0. The number of halogens is 1. The Bertz CT molecular complexity index is 440. The van der Waals surface area contributed by atoms with E-state index in [1.54, 1.807) is 17.1 Å². The van der Waals surface area contributed by atoms with E-state index in [2.05, 4.69) is 9.94 Å². The average Bonchev–Trinajstić information content (AvgIpc) is 2.25. The first-order valence-electron chi connectivity index (χ1n) is 3.84. The van der Waals surface area contributed by atoms with Crippen LogP contribution in [0.25, 0.3) is 4.47 Å². The molecule has 0 N–H and O–H groups in total. The van der Waals surface area contributed by atoms with Crippen molar-refractivity contribution in [1.29, 1.82) is 10.5 Å². The van der Waals surface area contributed by atoms with Crippen molar-refractivity contribution in [3.63, 3.8) is 0 Å². The van der Waals surface area contributed by atoms with Gasteiger partial charge in [-0.05, 0) is 0 Å². The molecule has 0 aliphatic rings. The van der Waals surface area contributed by atoms with Crippen molar-refractivity contribution in [1.82, 2.24) is 0 Å². The molecule has 74 valence electrons. The second-order valence-electron chi connectivity index (χ2n) is 2.39. The molecule has 0 saturated carbocycles. The molecule has 15 heavy (non-hydrogen) atoms. The predicted molar refractivity (Wildman–Crippen MR) is 57.1 cm³/mol. The second kappa shape index (κ2) is 6.40. The molecule has 0 spiro atoms. The van der Waals surface area contributed by atoms with E-state index in [0.29, 0.717) is 0 Å². The summed E-state index contributed by atoms with van der Waals surface area (Å²) in [5.74, 6) is -0.298. The molecule has 0 bridgehead atoms. The van der Waals surface area contributed by atoms with Crippen LogP contribution in [-0.4, -0.2) is 29.9 Å². The first kappa shape index (κ1) is 12.0. The van der Waals surface area contributed by atoms with Gasteiger partial charge in [0.2, 0.25) is 0 Å². The molecule has 0 aliphatic carbocycles. The molecule has 5 heteroatoms. The molecule has 0 saturated heterocycles. The fraction of sp³-hybridized carbons (Fsp3) is 0. The number of rotatable bonds is 3. The van der Waals surface area contributed by atoms with Crippen LogP contribution < -0.4 is 0 Å². The molecular weight excluding hydrogens is 325 g/mol. The van der Waals surface area contributed by atoms with E-state index in [-0.39, 0.29) is 35.7 Å². The Balaban J connectivity index is 2.96. The molecule has 0 heterocycles. The van der Waals surface area contributed by atoms with Crippen LogP contribution in [0.5, 0.6) is 0 Å². The summed E-state index contributed by atoms with van der Waals surface area (Å²) in [5, 5.41) is 17.1. The van der Waals surface area contributed by atoms with Gasteiger partial charge >= 0.3 is 99.9 Å². The molecule has 2 nitrogen and oxygen atoms in total. The molecule has 1 aromatic rings. The summed E-state index contributed by atoms with van der Waals surface area (Å²) >= 11 is -0.557. The Hall–Kier alpha value is -1.09. The third kappa shape index (κ3) is 3.88. The summed E-state index contributed by atoms with van der Waals surface area (Å²) in [6.07, 6.45) is 0. The van der Waals surface area contributed by atoms with Crippen LogP contribution >= 0.6 is 0 Å². The average molecular weight is 330 g/mol. The van der Waals surface area contributed by atoms with Crippen molar-refractivity contribution in [3.8, 4) is 9.94 Å². The van der Waals surface area contributed by atoms with E-state index in [1.165, 1.54) is 12.1 Å². The molecule has 1 aromatic carbocycles. The van der Waals surface area contributed by atoms with E-state index in [1.807, 2.05) is 0 Å². The third-order valence-corrected chi connectivity index (χ3v) is 4.62. The number of benzene rings is 1. The van der Waals surface area contributed by atoms with Gasteiger partial charge in [-0.2, -0.15) is 0 Å². The maximum atomic E-state index is 12.7. The monoisotopic (exact) mass is 332 g/mol. The molecule has 0 amide bonds. The molecule has 0 aliphatic heterocycles. The summed E-state index contributed by atoms with van der Waals surface area (Å²) in [4.78, 5) is 5.92. The summed E-state index contributed by atoms with van der Waals surface area (Å²) in [7, 11) is 0. The van der Waals surface area contributed by atoms with Crippen LogP contribution in [0.2, 0.25) is 0 Å². The SMILES string of the molecule is N#C[Se]C=C([Se]C#N)c1ccc(F)cc1. The van der Waals surface area contributed by atoms with Crippen LogP contribution in [0.1, 0.15) is 5.56 Å². The second-order valence-corrected chi connectivity index (χ2v) is 5.50. The van der Waals surface area contributed by atoms with Crippen molar-refractivity contribution in [2.75, 3.05) is 0 Å². The van der Waals surface area contributed by atoms with E-state index in [0.717, 1.165) is 10.0 Å². The minimum atomic E-state index is -0.309. The molecular formula is C10H5FN2Se2. The van der Waals surface area contributed by atoms with Gasteiger partial charge in [0.15, 0.2) is 0 Å². The van der Waals surface area contributed by atoms with Gasteiger partial charge in [0, 0.05) is 0 Å². The summed E-state index contributed by atoms with van der Waals surface area (Å²) in [6, 6.07) is 5.98. The van der Waals surface area contributed by atoms with Gasteiger partial charge in [-0.1, -0.05) is 0 Å². The Morgan fingerprint density at radius 2 is 1.87 bits per heavy atom. The van der Waals surface area contributed by atoms with Gasteiger partial charge in [0.05, 0.1) is 0 Å². The quantitative estimate of drug-likeness (QED) is 0.789. The Kier molecular flexibility index (Phi) is 5.11. The van der Waals surface area contributed by atoms with Crippen molar-refractivity contribution in [3.05, 3.63) is 40.6 Å². The molecule has 0 unspecified atom stereocenters. The fourth-order valence-corrected chi connectivity index (χ4v) is 3.40. The van der Waals surface area contributed by atoms with Crippen LogP contribution in [0, 0.1) is 26.3 Å². The maximum absolute atomic E-state index is 12.7. The molecule has 0 fully saturated rings. The Morgan fingerprint density at radius 3 is 2.40 bits per heavy atom. The number of hydrogen-bond donors (Lipinski definition) is 0. The molecule has 1 rings (SSSR count). The fourth-order valence-electron chi connectivity index (χ4n) is 0.894. The van der Waals surface area contributed by atoms with E-state index < -0.39 is 0 Å². The van der Waals surface area contributed by atoms with Gasteiger partial charge in [-0.3, -0.25) is 0 Å². The molecule has 0 radical (unpaired) electrons. The van der Waals surface area contributed by atoms with E-state index in [4.69, 9.17) is 10.5 Å². The zero-order chi connectivity index (χ0) is 11.1. The zero-order valence-electron chi connectivity index (χ0n) is 7.48. The normalized spacial score (nSPS) is 10.5. The van der Waals surface area contributed by atoms with Gasteiger partial charge in [-0.25, -0.2) is 0 Å². The zero-order valence-corrected chi connectivity index (χ0v) is 10.9. The number of hydrogen-bond acceptors (Lipinski definition) is 2. The van der Waals surface area contributed by atoms with E-state index in [9.17, 15) is 4.39 Å². The Labute approximate surface area is 99.7 Å². The topological polar surface area (TPSA) is 47.6 Å². The predicted octanol–water partition coefficient (Wildman–Crippen LogP) is 1.49. The van der Waals surface area contributed by atoms with E-state index >= 15 is 0 Å². The molecule has 0 atom stereocenters. The first-order valence-corrected chi connectivity index (χ1v) is 7.40. The van der Waals surface area contributed by atoms with Crippen molar-refractivity contribution in [2.45, 2.75) is 0 Å².